The van der Waals surface area contributed by atoms with Crippen LogP contribution in [0.3, 0.4) is 0 Å². The number of piperidine rings is 1. The average Bonchev–Trinajstić information content (AvgIpc) is 2.50. The Morgan fingerprint density at radius 3 is 2.77 bits per heavy atom. The van der Waals surface area contributed by atoms with Gasteiger partial charge >= 0.3 is 6.03 Å². The number of likely N-dealkylation sites (tertiary alicyclic amines) is 1. The Kier molecular flexibility index (Phi) is 5.41. The summed E-state index contributed by atoms with van der Waals surface area (Å²) in [5.41, 5.74) is 2.43. The first-order valence-corrected chi connectivity index (χ1v) is 7.96. The highest BCUT2D eigenvalue weighted by Crippen LogP contribution is 2.22. The van der Waals surface area contributed by atoms with Gasteiger partial charge in [-0.25, -0.2) is 4.79 Å². The second-order valence-electron chi connectivity index (χ2n) is 6.05. The molecule has 2 rings (SSSR count). The van der Waals surface area contributed by atoms with E-state index < -0.39 is 0 Å². The summed E-state index contributed by atoms with van der Waals surface area (Å²) in [7, 11) is 0. The van der Waals surface area contributed by atoms with E-state index in [2.05, 4.69) is 17.6 Å². The number of hydrogen-bond acceptors (Lipinski definition) is 2. The van der Waals surface area contributed by atoms with Gasteiger partial charge in [0.25, 0.3) is 0 Å². The second-order valence-corrected chi connectivity index (χ2v) is 6.05. The Labute approximate surface area is 132 Å². The minimum atomic E-state index is -0.0615. The topological polar surface area (TPSA) is 61.4 Å². The molecule has 2 N–H and O–H groups in total. The van der Waals surface area contributed by atoms with Crippen LogP contribution in [0.5, 0.6) is 0 Å². The SMILES string of the molecule is CCC(=O)Nc1ccc(C)c(NC(=O)N2CCCC(C)C2)c1. The number of anilines is 2. The minimum Gasteiger partial charge on any atom is -0.326 e. The number of nitrogens with zero attached hydrogens (tertiary/aromatic N) is 1. The number of benzene rings is 1. The molecule has 0 radical (unpaired) electrons. The quantitative estimate of drug-likeness (QED) is 0.896. The summed E-state index contributed by atoms with van der Waals surface area (Å²) in [6, 6.07) is 5.50. The van der Waals surface area contributed by atoms with Crippen molar-refractivity contribution in [3.05, 3.63) is 23.8 Å². The molecule has 1 aliphatic rings. The predicted octanol–water partition coefficient (Wildman–Crippen LogP) is 3.61. The Morgan fingerprint density at radius 1 is 1.32 bits per heavy atom. The van der Waals surface area contributed by atoms with E-state index in [4.69, 9.17) is 0 Å². The fraction of sp³-hybridized carbons (Fsp3) is 0.529. The summed E-state index contributed by atoms with van der Waals surface area (Å²) in [6.45, 7) is 7.54. The summed E-state index contributed by atoms with van der Waals surface area (Å²) in [5.74, 6) is 0.516. The van der Waals surface area contributed by atoms with Crippen LogP contribution < -0.4 is 10.6 Å². The van der Waals surface area contributed by atoms with E-state index in [0.29, 0.717) is 18.0 Å². The van der Waals surface area contributed by atoms with E-state index in [0.717, 1.165) is 30.8 Å². The fourth-order valence-electron chi connectivity index (χ4n) is 2.65. The van der Waals surface area contributed by atoms with Crippen molar-refractivity contribution in [3.63, 3.8) is 0 Å². The third-order valence-electron chi connectivity index (χ3n) is 4.03. The van der Waals surface area contributed by atoms with Crippen molar-refractivity contribution in [1.82, 2.24) is 4.90 Å². The largest absolute Gasteiger partial charge is 0.326 e. The van der Waals surface area contributed by atoms with Crippen LogP contribution in [-0.4, -0.2) is 29.9 Å². The second kappa shape index (κ2) is 7.29. The number of nitrogens with one attached hydrogen (secondary N) is 2. The number of urea groups is 1. The molecule has 5 nitrogen and oxygen atoms in total. The van der Waals surface area contributed by atoms with Crippen molar-refractivity contribution in [1.29, 1.82) is 0 Å². The van der Waals surface area contributed by atoms with Crippen molar-refractivity contribution in [2.24, 2.45) is 5.92 Å². The van der Waals surface area contributed by atoms with E-state index in [1.165, 1.54) is 6.42 Å². The molecular weight excluding hydrogens is 278 g/mol. The molecule has 1 atom stereocenters. The lowest BCUT2D eigenvalue weighted by Crippen LogP contribution is -2.41. The number of aryl methyl sites for hydroxylation is 1. The third kappa shape index (κ3) is 4.23. The molecule has 1 aliphatic heterocycles. The molecule has 1 saturated heterocycles. The first-order chi connectivity index (χ1) is 10.5. The molecule has 120 valence electrons. The van der Waals surface area contributed by atoms with Gasteiger partial charge in [-0.15, -0.1) is 0 Å². The maximum atomic E-state index is 12.4. The predicted molar refractivity (Wildman–Crippen MR) is 89.1 cm³/mol. The zero-order valence-electron chi connectivity index (χ0n) is 13.6. The molecule has 1 heterocycles. The normalized spacial score (nSPS) is 18.0. The van der Waals surface area contributed by atoms with Crippen molar-refractivity contribution in [2.45, 2.75) is 40.0 Å². The van der Waals surface area contributed by atoms with Crippen LogP contribution in [0, 0.1) is 12.8 Å². The zero-order chi connectivity index (χ0) is 16.1. The number of carbonyl (C=O) groups is 2. The Hall–Kier alpha value is -2.04. The molecule has 0 bridgehead atoms. The van der Waals surface area contributed by atoms with Crippen LogP contribution in [-0.2, 0) is 4.79 Å². The number of hydrogen-bond donors (Lipinski definition) is 2. The van der Waals surface area contributed by atoms with Crippen molar-refractivity contribution in [2.75, 3.05) is 23.7 Å². The summed E-state index contributed by atoms with van der Waals surface area (Å²) in [5, 5.41) is 5.78. The van der Waals surface area contributed by atoms with Gasteiger partial charge in [0.1, 0.15) is 0 Å². The molecule has 1 aromatic rings. The molecule has 3 amide bonds. The highest BCUT2D eigenvalue weighted by molar-refractivity contribution is 5.94. The van der Waals surface area contributed by atoms with Gasteiger partial charge in [-0.05, 0) is 43.4 Å². The van der Waals surface area contributed by atoms with Crippen LogP contribution in [0.15, 0.2) is 18.2 Å². The highest BCUT2D eigenvalue weighted by Gasteiger charge is 2.21. The lowest BCUT2D eigenvalue weighted by Gasteiger charge is -2.31. The maximum Gasteiger partial charge on any atom is 0.321 e. The van der Waals surface area contributed by atoms with Gasteiger partial charge in [-0.3, -0.25) is 4.79 Å². The van der Waals surface area contributed by atoms with Crippen molar-refractivity contribution < 1.29 is 9.59 Å². The summed E-state index contributed by atoms with van der Waals surface area (Å²) >= 11 is 0. The van der Waals surface area contributed by atoms with Gasteiger partial charge in [0.2, 0.25) is 5.91 Å². The monoisotopic (exact) mass is 303 g/mol. The first kappa shape index (κ1) is 16.3. The van der Waals surface area contributed by atoms with Crippen molar-refractivity contribution in [3.8, 4) is 0 Å². The van der Waals surface area contributed by atoms with E-state index in [9.17, 15) is 9.59 Å². The molecule has 0 saturated carbocycles. The van der Waals surface area contributed by atoms with Crippen LogP contribution >= 0.6 is 0 Å². The smallest absolute Gasteiger partial charge is 0.321 e. The van der Waals surface area contributed by atoms with Crippen LogP contribution in [0.1, 0.15) is 38.7 Å². The Morgan fingerprint density at radius 2 is 2.09 bits per heavy atom. The van der Waals surface area contributed by atoms with E-state index in [1.54, 1.807) is 0 Å². The van der Waals surface area contributed by atoms with Gasteiger partial charge in [0.15, 0.2) is 0 Å². The lowest BCUT2D eigenvalue weighted by atomic mass is 10.0. The summed E-state index contributed by atoms with van der Waals surface area (Å²) in [6.07, 6.45) is 2.67. The zero-order valence-corrected chi connectivity index (χ0v) is 13.6. The van der Waals surface area contributed by atoms with Crippen LogP contribution in [0.2, 0.25) is 0 Å². The van der Waals surface area contributed by atoms with Gasteiger partial charge in [-0.1, -0.05) is 19.9 Å². The summed E-state index contributed by atoms with van der Waals surface area (Å²) in [4.78, 5) is 25.7. The molecule has 22 heavy (non-hydrogen) atoms. The van der Waals surface area contributed by atoms with E-state index in [1.807, 2.05) is 36.9 Å². The molecule has 5 heteroatoms. The molecule has 0 aliphatic carbocycles. The standard InChI is InChI=1S/C17H25N3O2/c1-4-16(21)18-14-8-7-13(3)15(10-14)19-17(22)20-9-5-6-12(2)11-20/h7-8,10,12H,4-6,9,11H2,1-3H3,(H,18,21)(H,19,22). The minimum absolute atomic E-state index is 0.0361. The van der Waals surface area contributed by atoms with Gasteiger partial charge in [0, 0.05) is 30.9 Å². The molecule has 1 aromatic carbocycles. The van der Waals surface area contributed by atoms with Gasteiger partial charge in [0.05, 0.1) is 0 Å². The van der Waals surface area contributed by atoms with Crippen molar-refractivity contribution >= 4 is 23.3 Å². The molecule has 0 aromatic heterocycles. The summed E-state index contributed by atoms with van der Waals surface area (Å²) < 4.78 is 0. The maximum absolute atomic E-state index is 12.4. The Balaban J connectivity index is 2.06. The fourth-order valence-corrected chi connectivity index (χ4v) is 2.65. The van der Waals surface area contributed by atoms with E-state index in [-0.39, 0.29) is 11.9 Å². The number of carbonyl (C=O) groups excluding carboxylic acids is 2. The molecule has 0 spiro atoms. The van der Waals surface area contributed by atoms with Crippen LogP contribution in [0.4, 0.5) is 16.2 Å². The lowest BCUT2D eigenvalue weighted by molar-refractivity contribution is -0.115. The van der Waals surface area contributed by atoms with Crippen LogP contribution in [0.25, 0.3) is 0 Å². The molecule has 1 unspecified atom stereocenters. The first-order valence-electron chi connectivity index (χ1n) is 7.96. The van der Waals surface area contributed by atoms with E-state index >= 15 is 0 Å². The molecular formula is C17H25N3O2. The Bertz CT molecular complexity index is 557. The number of rotatable bonds is 3. The highest BCUT2D eigenvalue weighted by atomic mass is 16.2. The third-order valence-corrected chi connectivity index (χ3v) is 4.03. The van der Waals surface area contributed by atoms with Gasteiger partial charge in [-0.2, -0.15) is 0 Å². The number of amides is 3. The molecule has 1 fully saturated rings. The average molecular weight is 303 g/mol. The van der Waals surface area contributed by atoms with Gasteiger partial charge < -0.3 is 15.5 Å².